The van der Waals surface area contributed by atoms with Gasteiger partial charge in [-0.15, -0.1) is 0 Å². The highest BCUT2D eigenvalue weighted by Crippen LogP contribution is 2.26. The van der Waals surface area contributed by atoms with Gasteiger partial charge in [0, 0.05) is 19.3 Å². The third-order valence-electron chi connectivity index (χ3n) is 4.64. The molecule has 1 aromatic carbocycles. The van der Waals surface area contributed by atoms with E-state index in [2.05, 4.69) is 19.6 Å². The molecule has 0 atom stereocenters. The van der Waals surface area contributed by atoms with Gasteiger partial charge in [-0.05, 0) is 43.2 Å². The number of nitrogens with zero attached hydrogens (tertiary/aromatic N) is 3. The summed E-state index contributed by atoms with van der Waals surface area (Å²) in [5, 5.41) is 0. The Balaban J connectivity index is 1.75. The highest BCUT2D eigenvalue weighted by atomic mass is 32.2. The van der Waals surface area contributed by atoms with Crippen LogP contribution >= 0.6 is 0 Å². The summed E-state index contributed by atoms with van der Waals surface area (Å²) in [6.45, 7) is 6.44. The molecule has 1 aliphatic heterocycles. The largest absolute Gasteiger partial charge is 0.496 e. The fraction of sp³-hybridized carbons (Fsp3) is 0.444. The van der Waals surface area contributed by atoms with Crippen molar-refractivity contribution in [2.45, 2.75) is 25.3 Å². The molecule has 9 heteroatoms. The number of nitrogens with one attached hydrogen (secondary N) is 1. The zero-order chi connectivity index (χ0) is 19.4. The predicted molar refractivity (Wildman–Crippen MR) is 102 cm³/mol. The fourth-order valence-corrected chi connectivity index (χ4v) is 4.24. The van der Waals surface area contributed by atoms with Crippen molar-refractivity contribution in [2.24, 2.45) is 0 Å². The first-order valence-corrected chi connectivity index (χ1v) is 10.2. The molecule has 0 unspecified atom stereocenters. The standard InChI is InChI=1S/C18H24N4O4S/c1-13-14(2)16(5-4-15(13)25-3)27(23,24)20-12-17-19-7-6-18(21-17)22-8-10-26-11-9-22/h4-7,20H,8-12H2,1-3H3. The molecule has 0 bridgehead atoms. The smallest absolute Gasteiger partial charge is 0.241 e. The Bertz CT molecular complexity index is 912. The van der Waals surface area contributed by atoms with Crippen LogP contribution in [0.4, 0.5) is 5.82 Å². The summed E-state index contributed by atoms with van der Waals surface area (Å²) in [5.74, 6) is 1.86. The second kappa shape index (κ2) is 8.20. The molecule has 1 saturated heterocycles. The molecular formula is C18H24N4O4S. The van der Waals surface area contributed by atoms with Gasteiger partial charge in [0.25, 0.3) is 0 Å². The molecule has 146 valence electrons. The van der Waals surface area contributed by atoms with Gasteiger partial charge in [0.15, 0.2) is 0 Å². The molecule has 0 amide bonds. The first kappa shape index (κ1) is 19.5. The quantitative estimate of drug-likeness (QED) is 0.794. The van der Waals surface area contributed by atoms with Crippen LogP contribution in [0.25, 0.3) is 0 Å². The minimum absolute atomic E-state index is 0.0189. The van der Waals surface area contributed by atoms with Gasteiger partial charge in [-0.3, -0.25) is 0 Å². The first-order chi connectivity index (χ1) is 12.9. The molecule has 2 heterocycles. The summed E-state index contributed by atoms with van der Waals surface area (Å²) >= 11 is 0. The number of morpholine rings is 1. The molecule has 1 aromatic heterocycles. The molecule has 0 saturated carbocycles. The van der Waals surface area contributed by atoms with E-state index in [0.717, 1.165) is 24.5 Å². The number of ether oxygens (including phenoxy) is 2. The zero-order valence-electron chi connectivity index (χ0n) is 15.7. The Morgan fingerprint density at radius 1 is 1.19 bits per heavy atom. The van der Waals surface area contributed by atoms with Crippen LogP contribution in [0.1, 0.15) is 17.0 Å². The van der Waals surface area contributed by atoms with E-state index >= 15 is 0 Å². The summed E-state index contributed by atoms with van der Waals surface area (Å²) in [4.78, 5) is 11.0. The Morgan fingerprint density at radius 3 is 2.63 bits per heavy atom. The lowest BCUT2D eigenvalue weighted by Crippen LogP contribution is -2.37. The second-order valence-electron chi connectivity index (χ2n) is 6.27. The minimum atomic E-state index is -3.69. The van der Waals surface area contributed by atoms with E-state index in [0.29, 0.717) is 30.4 Å². The van der Waals surface area contributed by atoms with E-state index in [1.54, 1.807) is 32.4 Å². The number of anilines is 1. The van der Waals surface area contributed by atoms with Gasteiger partial charge in [-0.25, -0.2) is 23.1 Å². The number of sulfonamides is 1. The van der Waals surface area contributed by atoms with Gasteiger partial charge in [0.2, 0.25) is 10.0 Å². The number of benzene rings is 1. The number of methoxy groups -OCH3 is 1. The average molecular weight is 392 g/mol. The van der Waals surface area contributed by atoms with Crippen molar-refractivity contribution in [3.05, 3.63) is 41.3 Å². The molecular weight excluding hydrogens is 368 g/mol. The Morgan fingerprint density at radius 2 is 1.93 bits per heavy atom. The maximum absolute atomic E-state index is 12.7. The van der Waals surface area contributed by atoms with Crippen LogP contribution in [0.3, 0.4) is 0 Å². The highest BCUT2D eigenvalue weighted by molar-refractivity contribution is 7.89. The molecule has 1 aliphatic rings. The van der Waals surface area contributed by atoms with Crippen LogP contribution in [-0.4, -0.2) is 51.8 Å². The maximum Gasteiger partial charge on any atom is 0.241 e. The topological polar surface area (TPSA) is 93.7 Å². The molecule has 27 heavy (non-hydrogen) atoms. The van der Waals surface area contributed by atoms with Crippen molar-refractivity contribution in [2.75, 3.05) is 38.3 Å². The van der Waals surface area contributed by atoms with Gasteiger partial charge >= 0.3 is 0 Å². The molecule has 1 fully saturated rings. The van der Waals surface area contributed by atoms with E-state index in [4.69, 9.17) is 9.47 Å². The lowest BCUT2D eigenvalue weighted by molar-refractivity contribution is 0.122. The summed E-state index contributed by atoms with van der Waals surface area (Å²) in [6, 6.07) is 5.03. The lowest BCUT2D eigenvalue weighted by Gasteiger charge is -2.27. The van der Waals surface area contributed by atoms with Gasteiger partial charge in [-0.2, -0.15) is 0 Å². The fourth-order valence-electron chi connectivity index (χ4n) is 2.96. The van der Waals surface area contributed by atoms with E-state index in [9.17, 15) is 8.42 Å². The van der Waals surface area contributed by atoms with Crippen LogP contribution in [-0.2, 0) is 21.3 Å². The predicted octanol–water partition coefficient (Wildman–Crippen LogP) is 1.42. The van der Waals surface area contributed by atoms with Crippen molar-refractivity contribution in [3.8, 4) is 5.75 Å². The summed E-state index contributed by atoms with van der Waals surface area (Å²) < 4.78 is 38.6. The van der Waals surface area contributed by atoms with Gasteiger partial charge in [0.05, 0.1) is 31.8 Å². The molecule has 3 rings (SSSR count). The highest BCUT2D eigenvalue weighted by Gasteiger charge is 2.20. The minimum Gasteiger partial charge on any atom is -0.496 e. The lowest BCUT2D eigenvalue weighted by atomic mass is 10.1. The number of hydrogen-bond acceptors (Lipinski definition) is 7. The maximum atomic E-state index is 12.7. The Hall–Kier alpha value is -2.23. The average Bonchev–Trinajstić information content (AvgIpc) is 2.69. The van der Waals surface area contributed by atoms with Crippen molar-refractivity contribution in [3.63, 3.8) is 0 Å². The van der Waals surface area contributed by atoms with Crippen LogP contribution < -0.4 is 14.4 Å². The normalized spacial score (nSPS) is 15.0. The monoisotopic (exact) mass is 392 g/mol. The molecule has 0 spiro atoms. The van der Waals surface area contributed by atoms with Crippen LogP contribution in [0.15, 0.2) is 29.3 Å². The second-order valence-corrected chi connectivity index (χ2v) is 8.01. The number of hydrogen-bond donors (Lipinski definition) is 1. The zero-order valence-corrected chi connectivity index (χ0v) is 16.5. The van der Waals surface area contributed by atoms with Crippen molar-refractivity contribution in [1.29, 1.82) is 0 Å². The SMILES string of the molecule is COc1ccc(S(=O)(=O)NCc2nccc(N3CCOCC3)n2)c(C)c1C. The summed E-state index contributed by atoms with van der Waals surface area (Å²) in [5.41, 5.74) is 1.45. The van der Waals surface area contributed by atoms with Crippen molar-refractivity contribution in [1.82, 2.24) is 14.7 Å². The van der Waals surface area contributed by atoms with Gasteiger partial charge in [-0.1, -0.05) is 0 Å². The number of rotatable bonds is 6. The third kappa shape index (κ3) is 4.37. The number of aromatic nitrogens is 2. The van der Waals surface area contributed by atoms with E-state index in [-0.39, 0.29) is 11.4 Å². The van der Waals surface area contributed by atoms with Crippen LogP contribution in [0.2, 0.25) is 0 Å². The van der Waals surface area contributed by atoms with E-state index in [1.165, 1.54) is 0 Å². The van der Waals surface area contributed by atoms with E-state index < -0.39 is 10.0 Å². The third-order valence-corrected chi connectivity index (χ3v) is 6.19. The van der Waals surface area contributed by atoms with Gasteiger partial charge in [0.1, 0.15) is 17.4 Å². The first-order valence-electron chi connectivity index (χ1n) is 8.71. The Kier molecular flexibility index (Phi) is 5.93. The molecule has 0 aliphatic carbocycles. The van der Waals surface area contributed by atoms with Crippen LogP contribution in [0.5, 0.6) is 5.75 Å². The van der Waals surface area contributed by atoms with Crippen LogP contribution in [0, 0.1) is 13.8 Å². The summed E-state index contributed by atoms with van der Waals surface area (Å²) in [6.07, 6.45) is 1.64. The molecule has 8 nitrogen and oxygen atoms in total. The Labute approximate surface area is 159 Å². The molecule has 2 aromatic rings. The molecule has 0 radical (unpaired) electrons. The summed E-state index contributed by atoms with van der Waals surface area (Å²) in [7, 11) is -2.13. The van der Waals surface area contributed by atoms with Crippen molar-refractivity contribution >= 4 is 15.8 Å². The van der Waals surface area contributed by atoms with Gasteiger partial charge < -0.3 is 14.4 Å². The molecule has 1 N–H and O–H groups in total. The van der Waals surface area contributed by atoms with Crippen molar-refractivity contribution < 1.29 is 17.9 Å². The van der Waals surface area contributed by atoms with E-state index in [1.807, 2.05) is 13.0 Å².